The van der Waals surface area contributed by atoms with Crippen LogP contribution in [-0.4, -0.2) is 4.98 Å². The molecule has 0 aliphatic rings. The fourth-order valence-electron chi connectivity index (χ4n) is 0.299. The first-order valence-corrected chi connectivity index (χ1v) is 2.66. The topological polar surface area (TPSA) is 12.9 Å². The number of rotatable bonds is 0. The van der Waals surface area contributed by atoms with Gasteiger partial charge < -0.3 is 0 Å². The maximum absolute atomic E-state index is 3.69. The van der Waals surface area contributed by atoms with Gasteiger partial charge in [0.25, 0.3) is 0 Å². The Morgan fingerprint density at radius 3 is 2.62 bits per heavy atom. The first-order valence-electron chi connectivity index (χ1n) is 1.87. The zero-order valence-corrected chi connectivity index (χ0v) is 6.37. The molecule has 0 aliphatic heterocycles. The molecule has 0 amide bonds. The van der Waals surface area contributed by atoms with Crippen molar-refractivity contribution >= 4 is 28.3 Å². The average Bonchev–Trinajstić information content (AvgIpc) is 1.69. The Labute approximate surface area is 62.7 Å². The Morgan fingerprint density at radius 1 is 1.62 bits per heavy atom. The van der Waals surface area contributed by atoms with Crippen LogP contribution >= 0.6 is 28.3 Å². The molecule has 0 fully saturated rings. The molecule has 0 aliphatic carbocycles. The van der Waals surface area contributed by atoms with E-state index in [4.69, 9.17) is 0 Å². The van der Waals surface area contributed by atoms with Crippen molar-refractivity contribution in [1.29, 1.82) is 0 Å². The molecule has 0 atom stereocenters. The average molecular weight is 193 g/mol. The summed E-state index contributed by atoms with van der Waals surface area (Å²) >= 11 is 3.24. The molecule has 1 aromatic rings. The van der Waals surface area contributed by atoms with Gasteiger partial charge in [-0.25, -0.2) is 0 Å². The van der Waals surface area contributed by atoms with Gasteiger partial charge in [-0.3, -0.25) is 4.98 Å². The van der Waals surface area contributed by atoms with Gasteiger partial charge in [0.1, 0.15) is 0 Å². The van der Waals surface area contributed by atoms with Crippen LogP contribution in [0.3, 0.4) is 0 Å². The summed E-state index contributed by atoms with van der Waals surface area (Å²) < 4.78 is 1.02. The van der Waals surface area contributed by atoms with Crippen LogP contribution in [0.15, 0.2) is 22.8 Å². The number of pyridine rings is 1. The zero-order valence-electron chi connectivity index (χ0n) is 3.97. The second-order valence-corrected chi connectivity index (χ2v) is 2.02. The maximum atomic E-state index is 3.69. The van der Waals surface area contributed by atoms with Crippen molar-refractivity contribution in [3.63, 3.8) is 0 Å². The lowest BCUT2D eigenvalue weighted by atomic mass is 10.5. The minimum Gasteiger partial charge on any atom is -0.255 e. The highest BCUT2D eigenvalue weighted by Crippen LogP contribution is 2.03. The number of hydrogen-bond acceptors (Lipinski definition) is 1. The highest BCUT2D eigenvalue weighted by molar-refractivity contribution is 9.10. The molecule has 1 aromatic heterocycles. The van der Waals surface area contributed by atoms with Crippen molar-refractivity contribution in [2.24, 2.45) is 0 Å². The van der Waals surface area contributed by atoms with E-state index < -0.39 is 0 Å². The maximum Gasteiger partial charge on any atom is 0.0897 e. The molecule has 1 heterocycles. The van der Waals surface area contributed by atoms with Gasteiger partial charge >= 0.3 is 0 Å². The van der Waals surface area contributed by atoms with Gasteiger partial charge in [-0.1, -0.05) is 15.9 Å². The standard InChI is InChI=1S/C5H3BrN.ClH/c6-5-1-3-7-4-2-5;/h1-3H;1H. The van der Waals surface area contributed by atoms with Crippen molar-refractivity contribution in [3.05, 3.63) is 29.0 Å². The van der Waals surface area contributed by atoms with Crippen LogP contribution in [0.25, 0.3) is 0 Å². The van der Waals surface area contributed by atoms with E-state index in [9.17, 15) is 0 Å². The molecule has 1 radical (unpaired) electrons. The summed E-state index contributed by atoms with van der Waals surface area (Å²) in [7, 11) is 0. The monoisotopic (exact) mass is 192 g/mol. The molecule has 1 nitrogen and oxygen atoms in total. The van der Waals surface area contributed by atoms with Gasteiger partial charge in [0.2, 0.25) is 0 Å². The van der Waals surface area contributed by atoms with Crippen molar-refractivity contribution in [1.82, 2.24) is 4.98 Å². The Kier molecular flexibility index (Phi) is 3.83. The third kappa shape index (κ3) is 2.28. The van der Waals surface area contributed by atoms with E-state index in [1.807, 2.05) is 6.07 Å². The fraction of sp³-hybridized carbons (Fsp3) is 0. The molecule has 1 rings (SSSR count). The molecule has 43 valence electrons. The summed E-state index contributed by atoms with van der Waals surface area (Å²) in [5, 5.41) is 0. The first-order chi connectivity index (χ1) is 3.39. The number of aromatic nitrogens is 1. The Balaban J connectivity index is 0.000000490. The van der Waals surface area contributed by atoms with Crippen molar-refractivity contribution < 1.29 is 0 Å². The molecule has 8 heavy (non-hydrogen) atoms. The lowest BCUT2D eigenvalue weighted by Gasteiger charge is -1.79. The first kappa shape index (κ1) is 7.92. The van der Waals surface area contributed by atoms with Crippen LogP contribution in [0.5, 0.6) is 0 Å². The third-order valence-electron chi connectivity index (χ3n) is 0.585. The quantitative estimate of drug-likeness (QED) is 0.615. The second kappa shape index (κ2) is 3.87. The van der Waals surface area contributed by atoms with Gasteiger partial charge in [-0.2, -0.15) is 0 Å². The SMILES string of the molecule is Brc1c[c]ncc1.Cl. The van der Waals surface area contributed by atoms with E-state index in [0.717, 1.165) is 4.47 Å². The molecule has 0 spiro atoms. The molecular formula is C5H4BrClN. The summed E-state index contributed by atoms with van der Waals surface area (Å²) in [6.07, 6.45) is 4.35. The lowest BCUT2D eigenvalue weighted by molar-refractivity contribution is 1.30. The predicted molar refractivity (Wildman–Crippen MR) is 38.0 cm³/mol. The number of halogens is 2. The van der Waals surface area contributed by atoms with E-state index in [2.05, 4.69) is 27.1 Å². The Bertz CT molecular complexity index is 142. The minimum absolute atomic E-state index is 0. The summed E-state index contributed by atoms with van der Waals surface area (Å²) in [6.45, 7) is 0. The van der Waals surface area contributed by atoms with Crippen LogP contribution in [0, 0.1) is 6.20 Å². The molecular weight excluding hydrogens is 189 g/mol. The highest BCUT2D eigenvalue weighted by atomic mass is 79.9. The van der Waals surface area contributed by atoms with Crippen LogP contribution in [0.4, 0.5) is 0 Å². The normalized spacial score (nSPS) is 7.62. The van der Waals surface area contributed by atoms with Crippen LogP contribution in [0.2, 0.25) is 0 Å². The summed E-state index contributed by atoms with van der Waals surface area (Å²) in [5.41, 5.74) is 0. The van der Waals surface area contributed by atoms with Crippen LogP contribution < -0.4 is 0 Å². The molecule has 3 heteroatoms. The van der Waals surface area contributed by atoms with E-state index in [1.54, 1.807) is 12.3 Å². The van der Waals surface area contributed by atoms with Crippen molar-refractivity contribution in [2.75, 3.05) is 0 Å². The van der Waals surface area contributed by atoms with Crippen LogP contribution in [0.1, 0.15) is 0 Å². The van der Waals surface area contributed by atoms with Gasteiger partial charge in [0.05, 0.1) is 6.20 Å². The largest absolute Gasteiger partial charge is 0.255 e. The number of nitrogens with zero attached hydrogens (tertiary/aromatic N) is 1. The zero-order chi connectivity index (χ0) is 5.11. The van der Waals surface area contributed by atoms with Crippen molar-refractivity contribution in [2.45, 2.75) is 0 Å². The van der Waals surface area contributed by atoms with E-state index in [1.165, 1.54) is 0 Å². The third-order valence-corrected chi connectivity index (χ3v) is 1.08. The molecule has 0 saturated carbocycles. The summed E-state index contributed by atoms with van der Waals surface area (Å²) in [5.74, 6) is 0. The Hall–Kier alpha value is -0.0800. The highest BCUT2D eigenvalue weighted by Gasteiger charge is 1.76. The predicted octanol–water partition coefficient (Wildman–Crippen LogP) is 2.07. The van der Waals surface area contributed by atoms with E-state index >= 15 is 0 Å². The Morgan fingerprint density at radius 2 is 2.38 bits per heavy atom. The smallest absolute Gasteiger partial charge is 0.0897 e. The van der Waals surface area contributed by atoms with Gasteiger partial charge in [0.15, 0.2) is 0 Å². The van der Waals surface area contributed by atoms with E-state index in [0.29, 0.717) is 0 Å². The summed E-state index contributed by atoms with van der Waals surface area (Å²) in [4.78, 5) is 3.69. The number of hydrogen-bond donors (Lipinski definition) is 0. The van der Waals surface area contributed by atoms with Gasteiger partial charge in [-0.15, -0.1) is 12.4 Å². The molecule has 0 saturated heterocycles. The lowest BCUT2D eigenvalue weighted by Crippen LogP contribution is -1.65. The van der Waals surface area contributed by atoms with Gasteiger partial charge in [0, 0.05) is 10.7 Å². The molecule has 0 bridgehead atoms. The van der Waals surface area contributed by atoms with E-state index in [-0.39, 0.29) is 12.4 Å². The minimum atomic E-state index is 0. The molecule has 0 unspecified atom stereocenters. The van der Waals surface area contributed by atoms with Crippen LogP contribution in [-0.2, 0) is 0 Å². The second-order valence-electron chi connectivity index (χ2n) is 1.10. The molecule has 0 aromatic carbocycles. The summed E-state index contributed by atoms with van der Waals surface area (Å²) in [6, 6.07) is 3.62. The van der Waals surface area contributed by atoms with Gasteiger partial charge in [-0.05, 0) is 12.1 Å². The van der Waals surface area contributed by atoms with Crippen molar-refractivity contribution in [3.8, 4) is 0 Å². The fourth-order valence-corrected chi connectivity index (χ4v) is 0.519. The molecule has 0 N–H and O–H groups in total.